The molecule has 1 unspecified atom stereocenters. The fourth-order valence-corrected chi connectivity index (χ4v) is 6.03. The summed E-state index contributed by atoms with van der Waals surface area (Å²) in [5.74, 6) is -2.94. The first-order chi connectivity index (χ1) is 24.9. The van der Waals surface area contributed by atoms with Crippen molar-refractivity contribution < 1.29 is 46.6 Å². The van der Waals surface area contributed by atoms with Crippen LogP contribution >= 0.6 is 0 Å². The van der Waals surface area contributed by atoms with Gasteiger partial charge in [-0.05, 0) is 72.4 Å². The number of allylic oxidation sites excluding steroid dienone is 1. The van der Waals surface area contributed by atoms with E-state index in [-0.39, 0.29) is 30.8 Å². The predicted octanol–water partition coefficient (Wildman–Crippen LogP) is 7.63. The number of hydrogen-bond donors (Lipinski definition) is 0. The average molecular weight is 712 g/mol. The molecule has 4 aromatic carbocycles. The summed E-state index contributed by atoms with van der Waals surface area (Å²) in [7, 11) is 0. The number of carbonyl (C=O) groups excluding carboxylic acids is 4. The quantitative estimate of drug-likeness (QED) is 0.0608. The van der Waals surface area contributed by atoms with E-state index < -0.39 is 53.0 Å². The number of halogens is 3. The zero-order valence-corrected chi connectivity index (χ0v) is 28.7. The summed E-state index contributed by atoms with van der Waals surface area (Å²) in [6.07, 6.45) is -1.43. The van der Waals surface area contributed by atoms with E-state index >= 15 is 0 Å². The van der Waals surface area contributed by atoms with Crippen LogP contribution in [0.5, 0.6) is 0 Å². The molecule has 0 N–H and O–H groups in total. The zero-order chi connectivity index (χ0) is 37.5. The second kappa shape index (κ2) is 15.6. The molecule has 8 nitrogen and oxygen atoms in total. The number of alkyl halides is 3. The zero-order valence-electron chi connectivity index (χ0n) is 28.7. The van der Waals surface area contributed by atoms with Gasteiger partial charge in [-0.1, -0.05) is 91.0 Å². The number of Topliss-reactive ketones (excluding diaryl/α,β-unsaturated/α-hetero) is 1. The van der Waals surface area contributed by atoms with Crippen molar-refractivity contribution in [1.82, 2.24) is 0 Å². The van der Waals surface area contributed by atoms with Crippen LogP contribution in [-0.4, -0.2) is 49.7 Å². The highest BCUT2D eigenvalue weighted by Crippen LogP contribution is 2.39. The van der Waals surface area contributed by atoms with Gasteiger partial charge in [0.25, 0.3) is 0 Å². The number of nitrogens with zero attached hydrogens (tertiary/aromatic N) is 1. The van der Waals surface area contributed by atoms with Crippen molar-refractivity contribution in [1.29, 1.82) is 0 Å². The monoisotopic (exact) mass is 711 g/mol. The number of carbonyl (C=O) groups is 4. The minimum atomic E-state index is -4.50. The molecule has 1 aliphatic heterocycles. The highest BCUT2D eigenvalue weighted by Gasteiger charge is 2.52. The second-order valence-electron chi connectivity index (χ2n) is 12.1. The standard InChI is InChI=1S/C41H36F3NO7/c1-4-50-37(48)39(38(49)51-5-2,30-11-7-6-8-12-30)26-52-35(46)23-28-15-19-31(20-16-28)40(24-27(3)25-45-40)36(47)34-14-10-9-13-33(34)29-17-21-32(22-18-29)41(42,43)44/h6-22,24-25H,4-5,23,26H2,1-3H3. The molecule has 1 heterocycles. The number of ether oxygens (including phenoxy) is 3. The van der Waals surface area contributed by atoms with Crippen LogP contribution in [0.1, 0.15) is 53.4 Å². The summed E-state index contributed by atoms with van der Waals surface area (Å²) in [6, 6.07) is 26.0. The van der Waals surface area contributed by atoms with Crippen LogP contribution in [0.2, 0.25) is 0 Å². The lowest BCUT2D eigenvalue weighted by Gasteiger charge is -2.29. The van der Waals surface area contributed by atoms with Gasteiger partial charge in [-0.3, -0.25) is 24.2 Å². The first-order valence-electron chi connectivity index (χ1n) is 16.6. The molecule has 5 rings (SSSR count). The molecule has 1 atom stereocenters. The molecule has 52 heavy (non-hydrogen) atoms. The molecule has 0 fully saturated rings. The highest BCUT2D eigenvalue weighted by molar-refractivity contribution is 6.12. The van der Waals surface area contributed by atoms with Crippen molar-refractivity contribution in [3.8, 4) is 11.1 Å². The van der Waals surface area contributed by atoms with Gasteiger partial charge in [-0.25, -0.2) is 0 Å². The molecule has 4 aromatic rings. The van der Waals surface area contributed by atoms with E-state index in [9.17, 15) is 32.3 Å². The van der Waals surface area contributed by atoms with Crippen molar-refractivity contribution in [2.45, 2.75) is 44.3 Å². The van der Waals surface area contributed by atoms with Gasteiger partial charge < -0.3 is 14.2 Å². The van der Waals surface area contributed by atoms with E-state index in [2.05, 4.69) is 4.99 Å². The molecule has 0 aliphatic carbocycles. The topological polar surface area (TPSA) is 108 Å². The Bertz CT molecular complexity index is 1980. The maximum Gasteiger partial charge on any atom is 0.416 e. The molecule has 0 spiro atoms. The summed E-state index contributed by atoms with van der Waals surface area (Å²) >= 11 is 0. The molecular formula is C41H36F3NO7. The Kier molecular flexibility index (Phi) is 11.2. The van der Waals surface area contributed by atoms with Gasteiger partial charge in [0.15, 0.2) is 11.3 Å². The molecule has 0 saturated carbocycles. The molecule has 0 amide bonds. The van der Waals surface area contributed by atoms with Gasteiger partial charge in [0.2, 0.25) is 5.41 Å². The van der Waals surface area contributed by atoms with E-state index in [1.807, 2.05) is 0 Å². The largest absolute Gasteiger partial charge is 0.465 e. The Morgan fingerprint density at radius 1 is 0.712 bits per heavy atom. The van der Waals surface area contributed by atoms with Crippen molar-refractivity contribution in [2.75, 3.05) is 19.8 Å². The highest BCUT2D eigenvalue weighted by atomic mass is 19.4. The minimum Gasteiger partial charge on any atom is -0.465 e. The smallest absolute Gasteiger partial charge is 0.416 e. The second-order valence-corrected chi connectivity index (χ2v) is 12.1. The van der Waals surface area contributed by atoms with Crippen LogP contribution in [0, 0.1) is 0 Å². The van der Waals surface area contributed by atoms with Crippen molar-refractivity contribution in [3.05, 3.63) is 143 Å². The van der Waals surface area contributed by atoms with E-state index in [0.29, 0.717) is 22.3 Å². The first kappa shape index (κ1) is 37.4. The number of benzene rings is 4. The molecule has 1 aliphatic rings. The summed E-state index contributed by atoms with van der Waals surface area (Å²) < 4.78 is 55.7. The van der Waals surface area contributed by atoms with E-state index in [1.54, 1.807) is 112 Å². The minimum absolute atomic E-state index is 0.0174. The van der Waals surface area contributed by atoms with Crippen LogP contribution in [0.15, 0.2) is 120 Å². The lowest BCUT2D eigenvalue weighted by atomic mass is 9.80. The Balaban J connectivity index is 1.39. The molecular weight excluding hydrogens is 675 g/mol. The summed E-state index contributed by atoms with van der Waals surface area (Å²) in [5, 5.41) is 0. The van der Waals surface area contributed by atoms with Crippen LogP contribution in [-0.2, 0) is 52.1 Å². The number of hydrogen-bond acceptors (Lipinski definition) is 8. The summed E-state index contributed by atoms with van der Waals surface area (Å²) in [6.45, 7) is 4.30. The van der Waals surface area contributed by atoms with Gasteiger partial charge >= 0.3 is 24.1 Å². The third-order valence-electron chi connectivity index (χ3n) is 8.66. The molecule has 11 heteroatoms. The van der Waals surface area contributed by atoms with Crippen LogP contribution < -0.4 is 0 Å². The number of aliphatic imine (C=N–C) groups is 1. The van der Waals surface area contributed by atoms with Crippen molar-refractivity contribution in [2.24, 2.45) is 4.99 Å². The Hall–Kier alpha value is -5.84. The molecule has 0 radical (unpaired) electrons. The van der Waals surface area contributed by atoms with Crippen LogP contribution in [0.25, 0.3) is 11.1 Å². The molecule has 0 bridgehead atoms. The van der Waals surface area contributed by atoms with Crippen molar-refractivity contribution >= 4 is 29.9 Å². The van der Waals surface area contributed by atoms with Gasteiger partial charge in [0.1, 0.15) is 6.61 Å². The Morgan fingerprint density at radius 3 is 1.87 bits per heavy atom. The Labute approximate surface area is 298 Å². The maximum absolute atomic E-state index is 14.4. The first-order valence-corrected chi connectivity index (χ1v) is 16.6. The third-order valence-corrected chi connectivity index (χ3v) is 8.66. The molecule has 0 saturated heterocycles. The lowest BCUT2D eigenvalue weighted by Crippen LogP contribution is -2.50. The fraction of sp³-hybridized carbons (Fsp3) is 0.244. The predicted molar refractivity (Wildman–Crippen MR) is 188 cm³/mol. The van der Waals surface area contributed by atoms with E-state index in [0.717, 1.165) is 17.7 Å². The van der Waals surface area contributed by atoms with E-state index in [1.165, 1.54) is 12.1 Å². The van der Waals surface area contributed by atoms with E-state index in [4.69, 9.17) is 14.2 Å². The van der Waals surface area contributed by atoms with Gasteiger partial charge in [-0.2, -0.15) is 13.2 Å². The SMILES string of the molecule is CCOC(=O)C(COC(=O)Cc1ccc(C2(C(=O)c3ccccc3-c3ccc(C(F)(F)F)cc3)C=C(C)C=N2)cc1)(C(=O)OCC)c1ccccc1. The van der Waals surface area contributed by atoms with Crippen LogP contribution in [0.4, 0.5) is 13.2 Å². The number of rotatable bonds is 13. The fourth-order valence-electron chi connectivity index (χ4n) is 6.03. The normalized spacial score (nSPS) is 15.5. The Morgan fingerprint density at radius 2 is 1.31 bits per heavy atom. The third kappa shape index (κ3) is 7.58. The average Bonchev–Trinajstić information content (AvgIpc) is 3.54. The van der Waals surface area contributed by atoms with Gasteiger partial charge in [0.05, 0.1) is 25.2 Å². The van der Waals surface area contributed by atoms with Crippen molar-refractivity contribution in [3.63, 3.8) is 0 Å². The van der Waals surface area contributed by atoms with Gasteiger partial charge in [-0.15, -0.1) is 0 Å². The van der Waals surface area contributed by atoms with Crippen LogP contribution in [0.3, 0.4) is 0 Å². The molecule has 268 valence electrons. The summed E-state index contributed by atoms with van der Waals surface area (Å²) in [4.78, 5) is 58.8. The number of esters is 3. The van der Waals surface area contributed by atoms with Gasteiger partial charge in [0, 0.05) is 11.8 Å². The lowest BCUT2D eigenvalue weighted by molar-refractivity contribution is -0.170. The summed E-state index contributed by atoms with van der Waals surface area (Å²) in [5.41, 5.74) is -1.16. The molecule has 0 aromatic heterocycles. The maximum atomic E-state index is 14.4. The number of ketones is 1.